The Kier molecular flexibility index (Phi) is 6.05. The number of hydrogen-bond donors (Lipinski definition) is 2. The summed E-state index contributed by atoms with van der Waals surface area (Å²) in [6.07, 6.45) is 2.25. The second-order valence-corrected chi connectivity index (χ2v) is 7.36. The lowest BCUT2D eigenvalue weighted by molar-refractivity contribution is 0.199. The number of hydrogen-bond acceptors (Lipinski definition) is 2. The van der Waals surface area contributed by atoms with Gasteiger partial charge in [0.15, 0.2) is 5.11 Å². The Bertz CT molecular complexity index is 706. The molecule has 25 heavy (non-hydrogen) atoms. The van der Waals surface area contributed by atoms with Crippen molar-refractivity contribution in [2.24, 2.45) is 0 Å². The van der Waals surface area contributed by atoms with Crippen LogP contribution in [0.1, 0.15) is 29.5 Å². The zero-order valence-corrected chi connectivity index (χ0v) is 15.9. The van der Waals surface area contributed by atoms with E-state index < -0.39 is 0 Å². The van der Waals surface area contributed by atoms with Crippen LogP contribution in [-0.2, 0) is 6.54 Å². The number of likely N-dealkylation sites (tertiary alicyclic amines) is 1. The third kappa shape index (κ3) is 5.28. The van der Waals surface area contributed by atoms with Gasteiger partial charge in [-0.05, 0) is 61.7 Å². The molecule has 1 heterocycles. The van der Waals surface area contributed by atoms with Crippen LogP contribution in [0.3, 0.4) is 0 Å². The van der Waals surface area contributed by atoms with Crippen molar-refractivity contribution in [2.75, 3.05) is 18.4 Å². The van der Waals surface area contributed by atoms with Gasteiger partial charge < -0.3 is 10.6 Å². The molecule has 132 valence electrons. The highest BCUT2D eigenvalue weighted by atomic mass is 32.1. The molecule has 2 aromatic rings. The summed E-state index contributed by atoms with van der Waals surface area (Å²) >= 11 is 5.52. The molecule has 0 amide bonds. The minimum Gasteiger partial charge on any atom is -0.360 e. The number of nitrogens with zero attached hydrogens (tertiary/aromatic N) is 1. The summed E-state index contributed by atoms with van der Waals surface area (Å²) in [5.74, 6) is 0. The van der Waals surface area contributed by atoms with Gasteiger partial charge >= 0.3 is 0 Å². The van der Waals surface area contributed by atoms with Crippen LogP contribution in [0.4, 0.5) is 5.69 Å². The Morgan fingerprint density at radius 3 is 2.52 bits per heavy atom. The van der Waals surface area contributed by atoms with Gasteiger partial charge in [0.2, 0.25) is 0 Å². The zero-order valence-electron chi connectivity index (χ0n) is 15.1. The molecule has 0 aliphatic carbocycles. The van der Waals surface area contributed by atoms with E-state index in [0.717, 1.165) is 43.3 Å². The van der Waals surface area contributed by atoms with Gasteiger partial charge in [-0.15, -0.1) is 0 Å². The smallest absolute Gasteiger partial charge is 0.171 e. The lowest BCUT2D eigenvalue weighted by atomic mass is 10.0. The average Bonchev–Trinajstić information content (AvgIpc) is 2.61. The first-order chi connectivity index (χ1) is 12.1. The average molecular weight is 354 g/mol. The summed E-state index contributed by atoms with van der Waals surface area (Å²) in [6, 6.07) is 17.6. The highest BCUT2D eigenvalue weighted by Gasteiger charge is 2.19. The van der Waals surface area contributed by atoms with E-state index in [9.17, 15) is 0 Å². The first-order valence-corrected chi connectivity index (χ1v) is 9.42. The quantitative estimate of drug-likeness (QED) is 0.804. The number of thiocarbonyl (C=S) groups is 1. The van der Waals surface area contributed by atoms with E-state index >= 15 is 0 Å². The molecule has 1 aliphatic rings. The molecule has 3 nitrogen and oxygen atoms in total. The molecule has 0 saturated carbocycles. The van der Waals surface area contributed by atoms with Crippen LogP contribution in [0, 0.1) is 13.8 Å². The van der Waals surface area contributed by atoms with Gasteiger partial charge in [0.25, 0.3) is 0 Å². The maximum absolute atomic E-state index is 5.52. The summed E-state index contributed by atoms with van der Waals surface area (Å²) in [5.41, 5.74) is 4.94. The molecule has 0 unspecified atom stereocenters. The Balaban J connectivity index is 1.45. The van der Waals surface area contributed by atoms with Gasteiger partial charge in [-0.1, -0.05) is 42.5 Å². The number of anilines is 1. The van der Waals surface area contributed by atoms with E-state index in [-0.39, 0.29) is 0 Å². The molecule has 0 bridgehead atoms. The van der Waals surface area contributed by atoms with E-state index in [4.69, 9.17) is 12.2 Å². The fraction of sp³-hybridized carbons (Fsp3) is 0.381. The lowest BCUT2D eigenvalue weighted by Crippen LogP contribution is -2.45. The Labute approximate surface area is 156 Å². The molecule has 3 rings (SSSR count). The third-order valence-corrected chi connectivity index (χ3v) is 5.03. The van der Waals surface area contributed by atoms with Crippen molar-refractivity contribution in [3.05, 3.63) is 65.2 Å². The summed E-state index contributed by atoms with van der Waals surface area (Å²) in [7, 11) is 0. The van der Waals surface area contributed by atoms with Crippen LogP contribution in [0.5, 0.6) is 0 Å². The maximum Gasteiger partial charge on any atom is 0.171 e. The molecular formula is C21H27N3S. The van der Waals surface area contributed by atoms with Gasteiger partial charge in [-0.3, -0.25) is 4.90 Å². The minimum atomic E-state index is 0.456. The fourth-order valence-corrected chi connectivity index (χ4v) is 3.57. The molecule has 1 fully saturated rings. The second-order valence-electron chi connectivity index (χ2n) is 6.95. The zero-order chi connectivity index (χ0) is 17.6. The molecule has 0 spiro atoms. The van der Waals surface area contributed by atoms with Gasteiger partial charge in [0, 0.05) is 31.4 Å². The first kappa shape index (κ1) is 17.9. The van der Waals surface area contributed by atoms with Crippen LogP contribution < -0.4 is 10.6 Å². The van der Waals surface area contributed by atoms with Gasteiger partial charge in [-0.25, -0.2) is 0 Å². The van der Waals surface area contributed by atoms with E-state index in [1.165, 1.54) is 16.7 Å². The van der Waals surface area contributed by atoms with Gasteiger partial charge in [0.1, 0.15) is 0 Å². The number of nitrogens with one attached hydrogen (secondary N) is 2. The second kappa shape index (κ2) is 8.45. The Morgan fingerprint density at radius 2 is 1.80 bits per heavy atom. The summed E-state index contributed by atoms with van der Waals surface area (Å²) in [5, 5.41) is 7.58. The van der Waals surface area contributed by atoms with E-state index in [1.54, 1.807) is 0 Å². The van der Waals surface area contributed by atoms with E-state index in [0.29, 0.717) is 6.04 Å². The van der Waals surface area contributed by atoms with Crippen molar-refractivity contribution in [3.63, 3.8) is 0 Å². The number of piperidine rings is 1. The van der Waals surface area contributed by atoms with Gasteiger partial charge in [-0.2, -0.15) is 0 Å². The van der Waals surface area contributed by atoms with Crippen LogP contribution >= 0.6 is 12.2 Å². The van der Waals surface area contributed by atoms with E-state index in [1.807, 2.05) is 0 Å². The molecule has 0 aromatic heterocycles. The summed E-state index contributed by atoms with van der Waals surface area (Å²) in [6.45, 7) is 7.46. The van der Waals surface area contributed by atoms with Crippen LogP contribution in [0.2, 0.25) is 0 Å². The predicted molar refractivity (Wildman–Crippen MR) is 110 cm³/mol. The molecule has 4 heteroatoms. The normalized spacial score (nSPS) is 15.8. The molecule has 0 radical (unpaired) electrons. The summed E-state index contributed by atoms with van der Waals surface area (Å²) < 4.78 is 0. The molecular weight excluding hydrogens is 326 g/mol. The van der Waals surface area contributed by atoms with Crippen molar-refractivity contribution < 1.29 is 0 Å². The highest BCUT2D eigenvalue weighted by Crippen LogP contribution is 2.17. The number of rotatable bonds is 4. The molecule has 2 aromatic carbocycles. The van der Waals surface area contributed by atoms with Crippen LogP contribution in [-0.4, -0.2) is 29.1 Å². The monoisotopic (exact) mass is 353 g/mol. The first-order valence-electron chi connectivity index (χ1n) is 9.01. The Hall–Kier alpha value is -1.91. The lowest BCUT2D eigenvalue weighted by Gasteiger charge is -2.33. The standard InChI is InChI=1S/C21H27N3S/c1-16-8-9-17(2)20(14-16)23-21(25)22-19-10-12-24(13-11-19)15-18-6-4-3-5-7-18/h3-9,14,19H,10-13,15H2,1-2H3,(H2,22,23,25). The van der Waals surface area contributed by atoms with Crippen molar-refractivity contribution in [1.29, 1.82) is 0 Å². The van der Waals surface area contributed by atoms with Crippen molar-refractivity contribution in [2.45, 2.75) is 39.3 Å². The number of benzene rings is 2. The topological polar surface area (TPSA) is 27.3 Å². The van der Waals surface area contributed by atoms with Crippen molar-refractivity contribution >= 4 is 23.0 Å². The molecule has 2 N–H and O–H groups in total. The highest BCUT2D eigenvalue weighted by molar-refractivity contribution is 7.80. The third-order valence-electron chi connectivity index (χ3n) is 4.81. The van der Waals surface area contributed by atoms with Crippen molar-refractivity contribution in [1.82, 2.24) is 10.2 Å². The largest absolute Gasteiger partial charge is 0.360 e. The van der Waals surface area contributed by atoms with Crippen LogP contribution in [0.25, 0.3) is 0 Å². The maximum atomic E-state index is 5.52. The Morgan fingerprint density at radius 1 is 1.08 bits per heavy atom. The molecule has 0 atom stereocenters. The SMILES string of the molecule is Cc1ccc(C)c(NC(=S)NC2CCN(Cc3ccccc3)CC2)c1. The molecule has 1 aliphatic heterocycles. The minimum absolute atomic E-state index is 0.456. The summed E-state index contributed by atoms with van der Waals surface area (Å²) in [4.78, 5) is 2.52. The van der Waals surface area contributed by atoms with Crippen LogP contribution in [0.15, 0.2) is 48.5 Å². The van der Waals surface area contributed by atoms with E-state index in [2.05, 4.69) is 77.9 Å². The number of aryl methyl sites for hydroxylation is 2. The fourth-order valence-electron chi connectivity index (χ4n) is 3.29. The predicted octanol–water partition coefficient (Wildman–Crippen LogP) is 4.25. The van der Waals surface area contributed by atoms with Crippen molar-refractivity contribution in [3.8, 4) is 0 Å². The molecule has 1 saturated heterocycles. The van der Waals surface area contributed by atoms with Gasteiger partial charge in [0.05, 0.1) is 0 Å².